The summed E-state index contributed by atoms with van der Waals surface area (Å²) in [6.45, 7) is 6.61. The molecule has 0 aromatic heterocycles. The molecule has 0 fully saturated rings. The number of hydrogen-bond acceptors (Lipinski definition) is 0. The average Bonchev–Trinajstić information content (AvgIpc) is 2.74. The van der Waals surface area contributed by atoms with Gasteiger partial charge in [0.05, 0.1) is 0 Å². The molecular formula is C14H18Fe-6. The summed E-state index contributed by atoms with van der Waals surface area (Å²) in [5, 5.41) is 0. The Morgan fingerprint density at radius 2 is 1.53 bits per heavy atom. The quantitative estimate of drug-likeness (QED) is 0.518. The van der Waals surface area contributed by atoms with E-state index < -0.39 is 0 Å². The molecule has 0 unspecified atom stereocenters. The van der Waals surface area contributed by atoms with Crippen LogP contribution in [-0.2, 0) is 17.1 Å². The molecule has 1 heteroatoms. The SMILES string of the molecule is Cc1ccc[c-]1C(C)C.[Fe].[cH-]1[cH-][cH-][cH-][cH-]1. The van der Waals surface area contributed by atoms with Gasteiger partial charge in [0.25, 0.3) is 0 Å². The maximum atomic E-state index is 2.22. The Labute approximate surface area is 104 Å². The summed E-state index contributed by atoms with van der Waals surface area (Å²) in [4.78, 5) is 0. The fraction of sp³-hybridized carbons (Fsp3) is 0.286. The molecule has 0 aliphatic rings. The monoisotopic (exact) mass is 242 g/mol. The van der Waals surface area contributed by atoms with Gasteiger partial charge >= 0.3 is 0 Å². The maximum absolute atomic E-state index is 2.22. The average molecular weight is 242 g/mol. The van der Waals surface area contributed by atoms with Crippen molar-refractivity contribution in [1.82, 2.24) is 0 Å². The number of aryl methyl sites for hydroxylation is 1. The zero-order valence-corrected chi connectivity index (χ0v) is 10.7. The van der Waals surface area contributed by atoms with E-state index in [2.05, 4.69) is 39.0 Å². The van der Waals surface area contributed by atoms with Crippen molar-refractivity contribution in [2.45, 2.75) is 26.7 Å². The van der Waals surface area contributed by atoms with Crippen LogP contribution in [0.15, 0.2) is 48.5 Å². The van der Waals surface area contributed by atoms with E-state index in [1.54, 1.807) is 0 Å². The Balaban J connectivity index is 0.000000280. The molecule has 0 bridgehead atoms. The largest absolute Gasteiger partial charge is 0.748 e. The molecule has 0 radical (unpaired) electrons. The number of rotatable bonds is 1. The molecule has 2 rings (SSSR count). The van der Waals surface area contributed by atoms with Crippen molar-refractivity contribution in [3.8, 4) is 0 Å². The second kappa shape index (κ2) is 7.50. The smallest absolute Gasteiger partial charge is 0 e. The second-order valence-corrected chi connectivity index (χ2v) is 3.78. The Kier molecular flexibility index (Phi) is 7.11. The molecule has 2 aromatic carbocycles. The third kappa shape index (κ3) is 5.01. The van der Waals surface area contributed by atoms with Gasteiger partial charge in [0.15, 0.2) is 0 Å². The van der Waals surface area contributed by atoms with Gasteiger partial charge < -0.3 is 30.3 Å². The van der Waals surface area contributed by atoms with Crippen molar-refractivity contribution in [3.05, 3.63) is 59.7 Å². The summed E-state index contributed by atoms with van der Waals surface area (Å²) < 4.78 is 0. The van der Waals surface area contributed by atoms with Crippen LogP contribution in [0, 0.1) is 6.92 Å². The van der Waals surface area contributed by atoms with Crippen LogP contribution in [0.3, 0.4) is 0 Å². The topological polar surface area (TPSA) is 0 Å². The van der Waals surface area contributed by atoms with Gasteiger partial charge in [-0.3, -0.25) is 0 Å². The normalized spacial score (nSPS) is 9.07. The van der Waals surface area contributed by atoms with Crippen molar-refractivity contribution in [1.29, 1.82) is 0 Å². The van der Waals surface area contributed by atoms with Crippen LogP contribution < -0.4 is 0 Å². The molecule has 0 nitrogen and oxygen atoms in total. The Morgan fingerprint density at radius 3 is 1.73 bits per heavy atom. The molecule has 0 aliphatic heterocycles. The first-order chi connectivity index (χ1) is 6.72. The van der Waals surface area contributed by atoms with Crippen LogP contribution in [0.25, 0.3) is 0 Å². The molecule has 0 saturated carbocycles. The molecule has 0 N–H and O–H groups in total. The standard InChI is InChI=1S/C9H13.C5H5.Fe/c1-7(2)9-6-4-5-8(9)3;1-2-4-5-3-1;/h4-7H,1-3H3;1-5H;/q-1;-5;. The van der Waals surface area contributed by atoms with Gasteiger partial charge in [-0.25, -0.2) is 12.1 Å². The minimum Gasteiger partial charge on any atom is -0.748 e. The summed E-state index contributed by atoms with van der Waals surface area (Å²) in [5.41, 5.74) is 2.90. The summed E-state index contributed by atoms with van der Waals surface area (Å²) in [5.74, 6) is 0.681. The molecule has 0 aliphatic carbocycles. The molecule has 0 saturated heterocycles. The third-order valence-electron chi connectivity index (χ3n) is 2.25. The molecule has 88 valence electrons. The Bertz CT molecular complexity index is 311. The van der Waals surface area contributed by atoms with Crippen LogP contribution in [0.1, 0.15) is 30.9 Å². The third-order valence-corrected chi connectivity index (χ3v) is 2.25. The fourth-order valence-corrected chi connectivity index (χ4v) is 1.49. The Morgan fingerprint density at radius 1 is 1.07 bits per heavy atom. The van der Waals surface area contributed by atoms with Crippen LogP contribution in [0.5, 0.6) is 0 Å². The van der Waals surface area contributed by atoms with Gasteiger partial charge in [-0.1, -0.05) is 26.7 Å². The van der Waals surface area contributed by atoms with Crippen LogP contribution in [-0.4, -0.2) is 0 Å². The molecule has 15 heavy (non-hydrogen) atoms. The van der Waals surface area contributed by atoms with E-state index in [9.17, 15) is 0 Å². The van der Waals surface area contributed by atoms with Gasteiger partial charge in [-0.05, 0) is 0 Å². The molecule has 0 amide bonds. The van der Waals surface area contributed by atoms with Gasteiger partial charge in [0.2, 0.25) is 0 Å². The van der Waals surface area contributed by atoms with E-state index in [0.29, 0.717) is 5.92 Å². The first kappa shape index (κ1) is 14.2. The zero-order chi connectivity index (χ0) is 10.4. The summed E-state index contributed by atoms with van der Waals surface area (Å²) in [6, 6.07) is 16.5. The van der Waals surface area contributed by atoms with Gasteiger partial charge in [0, 0.05) is 17.1 Å². The summed E-state index contributed by atoms with van der Waals surface area (Å²) >= 11 is 0. The van der Waals surface area contributed by atoms with Crippen molar-refractivity contribution in [2.24, 2.45) is 0 Å². The molecule has 0 spiro atoms. The zero-order valence-electron chi connectivity index (χ0n) is 9.55. The van der Waals surface area contributed by atoms with Crippen LogP contribution >= 0.6 is 0 Å². The van der Waals surface area contributed by atoms with E-state index in [1.807, 2.05) is 30.3 Å². The first-order valence-corrected chi connectivity index (χ1v) is 5.10. The van der Waals surface area contributed by atoms with E-state index >= 15 is 0 Å². The molecule has 0 heterocycles. The van der Waals surface area contributed by atoms with Crippen molar-refractivity contribution in [2.75, 3.05) is 0 Å². The Hall–Kier alpha value is -0.781. The van der Waals surface area contributed by atoms with E-state index in [-0.39, 0.29) is 17.1 Å². The van der Waals surface area contributed by atoms with Gasteiger partial charge in [-0.15, -0.1) is 0 Å². The maximum Gasteiger partial charge on any atom is 0 e. The second-order valence-electron chi connectivity index (χ2n) is 3.78. The van der Waals surface area contributed by atoms with Crippen molar-refractivity contribution >= 4 is 0 Å². The molecule has 0 atom stereocenters. The summed E-state index contributed by atoms with van der Waals surface area (Å²) in [7, 11) is 0. The number of hydrogen-bond donors (Lipinski definition) is 0. The summed E-state index contributed by atoms with van der Waals surface area (Å²) in [6.07, 6.45) is 0. The minimum atomic E-state index is 0. The minimum absolute atomic E-state index is 0. The van der Waals surface area contributed by atoms with Crippen molar-refractivity contribution in [3.63, 3.8) is 0 Å². The van der Waals surface area contributed by atoms with E-state index in [1.165, 1.54) is 11.1 Å². The predicted molar refractivity (Wildman–Crippen MR) is 62.9 cm³/mol. The molecular weight excluding hydrogens is 224 g/mol. The fourth-order valence-electron chi connectivity index (χ4n) is 1.49. The predicted octanol–water partition coefficient (Wildman–Crippen LogP) is 4.24. The van der Waals surface area contributed by atoms with Crippen LogP contribution in [0.2, 0.25) is 0 Å². The van der Waals surface area contributed by atoms with E-state index in [4.69, 9.17) is 0 Å². The van der Waals surface area contributed by atoms with Gasteiger partial charge in [0.1, 0.15) is 0 Å². The molecule has 2 aromatic rings. The first-order valence-electron chi connectivity index (χ1n) is 5.10. The van der Waals surface area contributed by atoms with E-state index in [0.717, 1.165) is 0 Å². The van der Waals surface area contributed by atoms with Gasteiger partial charge in [-0.2, -0.15) is 17.2 Å². The van der Waals surface area contributed by atoms with Crippen molar-refractivity contribution < 1.29 is 17.1 Å². The van der Waals surface area contributed by atoms with Crippen LogP contribution in [0.4, 0.5) is 0 Å².